The van der Waals surface area contributed by atoms with Gasteiger partial charge in [-0.05, 0) is 36.5 Å². The van der Waals surface area contributed by atoms with E-state index in [0.29, 0.717) is 27.5 Å². The molecule has 0 aliphatic carbocycles. The van der Waals surface area contributed by atoms with E-state index in [1.807, 2.05) is 6.07 Å². The number of rotatable bonds is 9. The number of aromatic nitrogens is 2. The van der Waals surface area contributed by atoms with Crippen LogP contribution in [0.2, 0.25) is 10.0 Å². The van der Waals surface area contributed by atoms with Crippen molar-refractivity contribution < 1.29 is 9.90 Å². The molecule has 6 nitrogen and oxygen atoms in total. The second kappa shape index (κ2) is 10.3. The van der Waals surface area contributed by atoms with Crippen molar-refractivity contribution in [1.29, 1.82) is 0 Å². The van der Waals surface area contributed by atoms with Crippen molar-refractivity contribution >= 4 is 45.6 Å². The maximum absolute atomic E-state index is 11.7. The van der Waals surface area contributed by atoms with Crippen molar-refractivity contribution in [1.82, 2.24) is 9.97 Å². The summed E-state index contributed by atoms with van der Waals surface area (Å²) in [5.74, 6) is -1.15. The van der Waals surface area contributed by atoms with Crippen LogP contribution in [-0.2, 0) is 17.6 Å². The fourth-order valence-electron chi connectivity index (χ4n) is 3.12. The van der Waals surface area contributed by atoms with Crippen LogP contribution in [0.4, 0.5) is 5.13 Å². The number of aliphatic carboxylic acids is 1. The summed E-state index contributed by atoms with van der Waals surface area (Å²) in [5, 5.41) is 14.4. The molecule has 0 spiro atoms. The zero-order valence-corrected chi connectivity index (χ0v) is 19.4. The predicted octanol–water partition coefficient (Wildman–Crippen LogP) is 5.36. The summed E-state index contributed by atoms with van der Waals surface area (Å²) in [6, 6.07) is 8.46. The molecule has 0 saturated carbocycles. The zero-order chi connectivity index (χ0) is 22.5. The predicted molar refractivity (Wildman–Crippen MR) is 126 cm³/mol. The van der Waals surface area contributed by atoms with E-state index in [1.54, 1.807) is 24.4 Å². The smallest absolute Gasteiger partial charge is 0.308 e. The van der Waals surface area contributed by atoms with Gasteiger partial charge in [0.2, 0.25) is 5.56 Å². The van der Waals surface area contributed by atoms with Crippen LogP contribution in [0.25, 0.3) is 11.3 Å². The minimum atomic E-state index is -0.914. The number of nitrogens with zero attached hydrogens (tertiary/aromatic N) is 1. The number of halogens is 2. The fraction of sp³-hybridized carbons (Fsp3) is 0.318. The number of carbonyl (C=O) groups is 1. The van der Waals surface area contributed by atoms with E-state index < -0.39 is 11.9 Å². The molecule has 2 heterocycles. The second-order valence-electron chi connectivity index (χ2n) is 7.70. The number of carboxylic acids is 1. The van der Waals surface area contributed by atoms with Crippen LogP contribution in [0.15, 0.2) is 41.3 Å². The highest BCUT2D eigenvalue weighted by molar-refractivity contribution is 7.16. The Morgan fingerprint density at radius 1 is 1.19 bits per heavy atom. The summed E-state index contributed by atoms with van der Waals surface area (Å²) in [5.41, 5.74) is 2.23. The summed E-state index contributed by atoms with van der Waals surface area (Å²) >= 11 is 13.8. The number of pyridine rings is 1. The molecule has 3 aromatic rings. The molecule has 0 aliphatic rings. The first-order valence-electron chi connectivity index (χ1n) is 9.82. The lowest BCUT2D eigenvalue weighted by Crippen LogP contribution is -2.25. The van der Waals surface area contributed by atoms with Gasteiger partial charge in [-0.15, -0.1) is 11.3 Å². The number of anilines is 1. The second-order valence-corrected chi connectivity index (χ2v) is 9.60. The van der Waals surface area contributed by atoms with Crippen LogP contribution in [-0.4, -0.2) is 27.6 Å². The molecule has 1 aromatic carbocycles. The van der Waals surface area contributed by atoms with E-state index in [-0.39, 0.29) is 12.1 Å². The zero-order valence-electron chi connectivity index (χ0n) is 17.1. The van der Waals surface area contributed by atoms with Gasteiger partial charge in [-0.3, -0.25) is 9.59 Å². The Bertz CT molecular complexity index is 1110. The van der Waals surface area contributed by atoms with Gasteiger partial charge in [0.25, 0.3) is 0 Å². The molecule has 31 heavy (non-hydrogen) atoms. The topological polar surface area (TPSA) is 95.1 Å². The third-order valence-electron chi connectivity index (χ3n) is 4.66. The van der Waals surface area contributed by atoms with Crippen LogP contribution in [0, 0.1) is 11.8 Å². The highest BCUT2D eigenvalue weighted by atomic mass is 35.5. The number of thiazole rings is 1. The maximum atomic E-state index is 11.7. The van der Waals surface area contributed by atoms with E-state index in [9.17, 15) is 14.7 Å². The quantitative estimate of drug-likeness (QED) is 0.383. The monoisotopic (exact) mass is 479 g/mol. The molecular formula is C22H23Cl2N3O3S. The van der Waals surface area contributed by atoms with E-state index in [0.717, 1.165) is 28.1 Å². The van der Waals surface area contributed by atoms with Crippen molar-refractivity contribution in [3.63, 3.8) is 0 Å². The highest BCUT2D eigenvalue weighted by Crippen LogP contribution is 2.35. The number of benzene rings is 1. The Labute approximate surface area is 194 Å². The van der Waals surface area contributed by atoms with E-state index in [2.05, 4.69) is 24.1 Å². The number of hydrogen-bond acceptors (Lipinski definition) is 5. The van der Waals surface area contributed by atoms with Gasteiger partial charge in [0.05, 0.1) is 21.7 Å². The third kappa shape index (κ3) is 6.32. The van der Waals surface area contributed by atoms with E-state index in [1.165, 1.54) is 17.4 Å². The number of hydrogen-bond donors (Lipinski definition) is 3. The molecular weight excluding hydrogens is 457 g/mol. The van der Waals surface area contributed by atoms with Gasteiger partial charge >= 0.3 is 5.97 Å². The molecule has 3 rings (SSSR count). The minimum Gasteiger partial charge on any atom is -0.481 e. The Kier molecular flexibility index (Phi) is 7.75. The summed E-state index contributed by atoms with van der Waals surface area (Å²) in [4.78, 5) is 31.4. The summed E-state index contributed by atoms with van der Waals surface area (Å²) < 4.78 is 0. The molecule has 0 saturated heterocycles. The maximum Gasteiger partial charge on any atom is 0.308 e. The molecule has 3 N–H and O–H groups in total. The minimum absolute atomic E-state index is 0.212. The number of aromatic amines is 1. The molecule has 1 unspecified atom stereocenters. The lowest BCUT2D eigenvalue weighted by molar-refractivity contribution is -0.141. The van der Waals surface area contributed by atoms with Gasteiger partial charge in [-0.2, -0.15) is 0 Å². The molecule has 0 fully saturated rings. The van der Waals surface area contributed by atoms with Gasteiger partial charge in [0, 0.05) is 29.2 Å². The Hall–Kier alpha value is -2.35. The van der Waals surface area contributed by atoms with Crippen molar-refractivity contribution in [2.24, 2.45) is 11.8 Å². The van der Waals surface area contributed by atoms with Crippen molar-refractivity contribution in [2.75, 3.05) is 11.9 Å². The SMILES string of the molecule is CC(C)Cc1sc(NCC(Cc2ccc(=O)[nH]c2)C(=O)O)nc1-c1ccc(Cl)c(Cl)c1. The lowest BCUT2D eigenvalue weighted by Gasteiger charge is -2.12. The fourth-order valence-corrected chi connectivity index (χ4v) is 4.62. The van der Waals surface area contributed by atoms with Crippen LogP contribution in [0.5, 0.6) is 0 Å². The summed E-state index contributed by atoms with van der Waals surface area (Å²) in [6.07, 6.45) is 2.68. The van der Waals surface area contributed by atoms with E-state index >= 15 is 0 Å². The van der Waals surface area contributed by atoms with Gasteiger partial charge in [-0.25, -0.2) is 4.98 Å². The summed E-state index contributed by atoms with van der Waals surface area (Å²) in [6.45, 7) is 4.48. The number of carboxylic acid groups (broad SMARTS) is 1. The standard InChI is InChI=1S/C22H23Cl2N3O3S/c1-12(2)7-18-20(14-4-5-16(23)17(24)9-14)27-22(31-18)26-11-15(21(29)30)8-13-3-6-19(28)25-10-13/h3-6,9-10,12,15H,7-8,11H2,1-2H3,(H,25,28)(H,26,27)(H,29,30). The third-order valence-corrected chi connectivity index (χ3v) is 6.44. The average molecular weight is 480 g/mol. The normalized spacial score (nSPS) is 12.2. The van der Waals surface area contributed by atoms with Crippen LogP contribution in [0.3, 0.4) is 0 Å². The van der Waals surface area contributed by atoms with Gasteiger partial charge in [0.15, 0.2) is 5.13 Å². The molecule has 164 valence electrons. The van der Waals surface area contributed by atoms with Crippen molar-refractivity contribution in [2.45, 2.75) is 26.7 Å². The molecule has 0 aliphatic heterocycles. The first-order chi connectivity index (χ1) is 14.7. The molecule has 9 heteroatoms. The first-order valence-corrected chi connectivity index (χ1v) is 11.4. The number of H-pyrrole nitrogens is 1. The highest BCUT2D eigenvalue weighted by Gasteiger charge is 2.20. The lowest BCUT2D eigenvalue weighted by atomic mass is 10.0. The summed E-state index contributed by atoms with van der Waals surface area (Å²) in [7, 11) is 0. The Balaban J connectivity index is 1.80. The van der Waals surface area contributed by atoms with Gasteiger partial charge < -0.3 is 15.4 Å². The Morgan fingerprint density at radius 3 is 2.58 bits per heavy atom. The molecule has 0 bridgehead atoms. The molecule has 0 radical (unpaired) electrons. The molecule has 2 aromatic heterocycles. The first kappa shape index (κ1) is 23.3. The average Bonchev–Trinajstić information content (AvgIpc) is 3.10. The van der Waals surface area contributed by atoms with Gasteiger partial charge in [-0.1, -0.05) is 49.2 Å². The number of nitrogens with one attached hydrogen (secondary N) is 2. The van der Waals surface area contributed by atoms with Crippen LogP contribution >= 0.6 is 34.5 Å². The van der Waals surface area contributed by atoms with Crippen molar-refractivity contribution in [3.8, 4) is 11.3 Å². The van der Waals surface area contributed by atoms with E-state index in [4.69, 9.17) is 28.2 Å². The van der Waals surface area contributed by atoms with Crippen molar-refractivity contribution in [3.05, 3.63) is 67.4 Å². The molecule has 0 amide bonds. The van der Waals surface area contributed by atoms with Crippen LogP contribution in [0.1, 0.15) is 24.3 Å². The largest absolute Gasteiger partial charge is 0.481 e. The van der Waals surface area contributed by atoms with Crippen LogP contribution < -0.4 is 10.9 Å². The molecule has 1 atom stereocenters. The van der Waals surface area contributed by atoms with Gasteiger partial charge in [0.1, 0.15) is 0 Å². The Morgan fingerprint density at radius 2 is 1.97 bits per heavy atom.